The van der Waals surface area contributed by atoms with Crippen LogP contribution in [0, 0.1) is 0 Å². The van der Waals surface area contributed by atoms with Crippen LogP contribution in [0.15, 0.2) is 42.5 Å². The molecule has 1 N–H and O–H groups in total. The number of ether oxygens (including phenoxy) is 3. The van der Waals surface area contributed by atoms with Crippen molar-refractivity contribution >= 4 is 29.3 Å². The van der Waals surface area contributed by atoms with Gasteiger partial charge in [0.25, 0.3) is 5.91 Å². The summed E-state index contributed by atoms with van der Waals surface area (Å²) < 4.78 is 16.1. The standard InChI is InChI=1S/C24H28N2O6/c1-15(2)31-22(28)17-8-6-7-16(11-17)13-26-19-12-18(25-23(29)32-24(3,4)5)9-10-20(19)30-14-21(26)27/h6-12,15H,13-14H2,1-5H3,(H,25,29). The Hall–Kier alpha value is -3.55. The fourth-order valence-corrected chi connectivity index (χ4v) is 3.14. The monoisotopic (exact) mass is 440 g/mol. The van der Waals surface area contributed by atoms with Gasteiger partial charge in [0.15, 0.2) is 6.61 Å². The summed E-state index contributed by atoms with van der Waals surface area (Å²) in [5.41, 5.74) is 1.53. The maximum absolute atomic E-state index is 12.6. The van der Waals surface area contributed by atoms with Crippen molar-refractivity contribution in [2.75, 3.05) is 16.8 Å². The van der Waals surface area contributed by atoms with Crippen LogP contribution >= 0.6 is 0 Å². The lowest BCUT2D eigenvalue weighted by molar-refractivity contribution is -0.121. The van der Waals surface area contributed by atoms with Crippen LogP contribution in [0.4, 0.5) is 16.2 Å². The molecule has 170 valence electrons. The number of anilines is 2. The zero-order valence-corrected chi connectivity index (χ0v) is 18.9. The third kappa shape index (κ3) is 6.00. The number of carbonyl (C=O) groups excluding carboxylic acids is 3. The van der Waals surface area contributed by atoms with Gasteiger partial charge in [-0.1, -0.05) is 12.1 Å². The van der Waals surface area contributed by atoms with Crippen LogP contribution in [0.2, 0.25) is 0 Å². The number of benzene rings is 2. The maximum Gasteiger partial charge on any atom is 0.412 e. The van der Waals surface area contributed by atoms with Gasteiger partial charge in [-0.05, 0) is 70.5 Å². The van der Waals surface area contributed by atoms with Gasteiger partial charge in [0, 0.05) is 5.69 Å². The Bertz CT molecular complexity index is 1030. The van der Waals surface area contributed by atoms with Crippen molar-refractivity contribution in [2.24, 2.45) is 0 Å². The smallest absolute Gasteiger partial charge is 0.412 e. The fourth-order valence-electron chi connectivity index (χ4n) is 3.14. The second-order valence-corrected chi connectivity index (χ2v) is 8.73. The molecule has 8 heteroatoms. The Morgan fingerprint density at radius 2 is 1.91 bits per heavy atom. The quantitative estimate of drug-likeness (QED) is 0.687. The summed E-state index contributed by atoms with van der Waals surface area (Å²) in [6, 6.07) is 12.0. The van der Waals surface area contributed by atoms with Crippen molar-refractivity contribution in [3.63, 3.8) is 0 Å². The normalized spacial score (nSPS) is 13.3. The summed E-state index contributed by atoms with van der Waals surface area (Å²) in [6.45, 7) is 9.03. The maximum atomic E-state index is 12.6. The Kier molecular flexibility index (Phi) is 6.72. The highest BCUT2D eigenvalue weighted by Crippen LogP contribution is 2.35. The zero-order chi connectivity index (χ0) is 23.5. The minimum Gasteiger partial charge on any atom is -0.482 e. The number of nitrogens with one attached hydrogen (secondary N) is 1. The van der Waals surface area contributed by atoms with Crippen LogP contribution in [0.3, 0.4) is 0 Å². The molecule has 0 unspecified atom stereocenters. The van der Waals surface area contributed by atoms with Gasteiger partial charge in [-0.25, -0.2) is 9.59 Å². The highest BCUT2D eigenvalue weighted by atomic mass is 16.6. The topological polar surface area (TPSA) is 94.2 Å². The first kappa shape index (κ1) is 23.1. The largest absolute Gasteiger partial charge is 0.482 e. The molecule has 0 radical (unpaired) electrons. The molecule has 0 saturated carbocycles. The average Bonchev–Trinajstić information content (AvgIpc) is 2.68. The second-order valence-electron chi connectivity index (χ2n) is 8.73. The Morgan fingerprint density at radius 1 is 1.16 bits per heavy atom. The van der Waals surface area contributed by atoms with Gasteiger partial charge in [-0.2, -0.15) is 0 Å². The highest BCUT2D eigenvalue weighted by Gasteiger charge is 2.27. The van der Waals surface area contributed by atoms with E-state index in [1.807, 2.05) is 6.07 Å². The van der Waals surface area contributed by atoms with Crippen molar-refractivity contribution in [3.05, 3.63) is 53.6 Å². The van der Waals surface area contributed by atoms with E-state index < -0.39 is 17.7 Å². The van der Waals surface area contributed by atoms with Gasteiger partial charge in [-0.3, -0.25) is 10.1 Å². The van der Waals surface area contributed by atoms with E-state index in [1.54, 1.807) is 75.9 Å². The summed E-state index contributed by atoms with van der Waals surface area (Å²) in [4.78, 5) is 38.6. The SMILES string of the molecule is CC(C)OC(=O)c1cccc(CN2C(=O)COc3ccc(NC(=O)OC(C)(C)C)cc32)c1. The minimum atomic E-state index is -0.634. The summed E-state index contributed by atoms with van der Waals surface area (Å²) in [5, 5.41) is 2.67. The summed E-state index contributed by atoms with van der Waals surface area (Å²) >= 11 is 0. The molecule has 0 fully saturated rings. The van der Waals surface area contributed by atoms with Crippen molar-refractivity contribution in [2.45, 2.75) is 52.9 Å². The third-order valence-electron chi connectivity index (χ3n) is 4.39. The van der Waals surface area contributed by atoms with Crippen molar-refractivity contribution < 1.29 is 28.6 Å². The Labute approximate surface area is 187 Å². The molecule has 0 saturated heterocycles. The van der Waals surface area contributed by atoms with Gasteiger partial charge in [0.2, 0.25) is 0 Å². The molecular formula is C24H28N2O6. The molecule has 2 amide bonds. The Morgan fingerprint density at radius 3 is 2.59 bits per heavy atom. The first-order chi connectivity index (χ1) is 15.0. The Balaban J connectivity index is 1.83. The molecule has 1 heterocycles. The van der Waals surface area contributed by atoms with Gasteiger partial charge < -0.3 is 19.1 Å². The molecule has 0 aliphatic carbocycles. The number of fused-ring (bicyclic) bond motifs is 1. The van der Waals surface area contributed by atoms with Crippen molar-refractivity contribution in [3.8, 4) is 5.75 Å². The van der Waals surface area contributed by atoms with E-state index in [-0.39, 0.29) is 25.2 Å². The fraction of sp³-hybridized carbons (Fsp3) is 0.375. The number of nitrogens with zero attached hydrogens (tertiary/aromatic N) is 1. The van der Waals surface area contributed by atoms with Crippen LogP contribution in [0.25, 0.3) is 0 Å². The first-order valence-corrected chi connectivity index (χ1v) is 10.4. The molecule has 1 aliphatic rings. The predicted molar refractivity (Wildman–Crippen MR) is 120 cm³/mol. The van der Waals surface area contributed by atoms with Crippen molar-refractivity contribution in [1.29, 1.82) is 0 Å². The lowest BCUT2D eigenvalue weighted by atomic mass is 10.1. The second kappa shape index (κ2) is 9.30. The number of rotatable bonds is 5. The summed E-state index contributed by atoms with van der Waals surface area (Å²) in [7, 11) is 0. The molecule has 1 aliphatic heterocycles. The van der Waals surface area contributed by atoms with E-state index in [9.17, 15) is 14.4 Å². The molecule has 3 rings (SSSR count). The lowest BCUT2D eigenvalue weighted by Crippen LogP contribution is -2.38. The first-order valence-electron chi connectivity index (χ1n) is 10.4. The highest BCUT2D eigenvalue weighted by molar-refractivity contribution is 5.99. The van der Waals surface area contributed by atoms with Gasteiger partial charge in [0.1, 0.15) is 11.4 Å². The minimum absolute atomic E-state index is 0.0963. The molecule has 2 aromatic rings. The molecule has 0 atom stereocenters. The molecule has 8 nitrogen and oxygen atoms in total. The number of hydrogen-bond acceptors (Lipinski definition) is 6. The number of amides is 2. The van der Waals surface area contributed by atoms with Gasteiger partial charge in [-0.15, -0.1) is 0 Å². The average molecular weight is 440 g/mol. The number of esters is 1. The zero-order valence-electron chi connectivity index (χ0n) is 18.9. The van der Waals surface area contributed by atoms with E-state index in [0.29, 0.717) is 22.7 Å². The van der Waals surface area contributed by atoms with E-state index in [2.05, 4.69) is 5.32 Å². The third-order valence-corrected chi connectivity index (χ3v) is 4.39. The molecule has 0 spiro atoms. The summed E-state index contributed by atoms with van der Waals surface area (Å²) in [6.07, 6.45) is -0.821. The molecule has 0 bridgehead atoms. The van der Waals surface area contributed by atoms with Crippen molar-refractivity contribution in [1.82, 2.24) is 0 Å². The van der Waals surface area contributed by atoms with Gasteiger partial charge >= 0.3 is 12.1 Å². The number of hydrogen-bond donors (Lipinski definition) is 1. The van der Waals surface area contributed by atoms with Crippen LogP contribution in [-0.4, -0.2) is 36.3 Å². The molecule has 0 aromatic heterocycles. The van der Waals surface area contributed by atoms with Crippen LogP contribution < -0.4 is 15.0 Å². The summed E-state index contributed by atoms with van der Waals surface area (Å²) in [5.74, 6) is -0.129. The van der Waals surface area contributed by atoms with Crippen LogP contribution in [0.1, 0.15) is 50.5 Å². The lowest BCUT2D eigenvalue weighted by Gasteiger charge is -2.30. The van der Waals surface area contributed by atoms with E-state index in [4.69, 9.17) is 14.2 Å². The molecular weight excluding hydrogens is 412 g/mol. The molecule has 2 aromatic carbocycles. The van der Waals surface area contributed by atoms with E-state index in [0.717, 1.165) is 5.56 Å². The molecule has 32 heavy (non-hydrogen) atoms. The van der Waals surface area contributed by atoms with Gasteiger partial charge in [0.05, 0.1) is 23.9 Å². The van der Waals surface area contributed by atoms with Crippen LogP contribution in [0.5, 0.6) is 5.75 Å². The predicted octanol–water partition coefficient (Wildman–Crippen LogP) is 4.52. The van der Waals surface area contributed by atoms with E-state index in [1.165, 1.54) is 0 Å². The number of carbonyl (C=O) groups is 3. The van der Waals surface area contributed by atoms with E-state index >= 15 is 0 Å². The van der Waals surface area contributed by atoms with Crippen LogP contribution in [-0.2, 0) is 20.8 Å².